The molecule has 1 heterocycles. The van der Waals surface area contributed by atoms with Crippen molar-refractivity contribution in [1.82, 2.24) is 15.1 Å². The summed E-state index contributed by atoms with van der Waals surface area (Å²) in [7, 11) is 4.01. The summed E-state index contributed by atoms with van der Waals surface area (Å²) in [5.74, 6) is 1.08. The van der Waals surface area contributed by atoms with Crippen molar-refractivity contribution in [1.29, 1.82) is 0 Å². The Labute approximate surface area is 166 Å². The van der Waals surface area contributed by atoms with E-state index in [2.05, 4.69) is 29.1 Å². The van der Waals surface area contributed by atoms with Gasteiger partial charge < -0.3 is 24.6 Å². The zero-order valence-electron chi connectivity index (χ0n) is 17.9. The Morgan fingerprint density at radius 3 is 2.52 bits per heavy atom. The van der Waals surface area contributed by atoms with Crippen molar-refractivity contribution in [2.24, 2.45) is 4.99 Å². The smallest absolute Gasteiger partial charge is 0.193 e. The second kappa shape index (κ2) is 13.3. The average molecular weight is 383 g/mol. The van der Waals surface area contributed by atoms with Crippen LogP contribution in [0.15, 0.2) is 4.99 Å². The molecular formula is C21H42N4O2. The highest BCUT2D eigenvalue weighted by Gasteiger charge is 2.22. The first-order valence-electron chi connectivity index (χ1n) is 11.1. The molecule has 1 saturated carbocycles. The molecule has 0 aromatic rings. The summed E-state index contributed by atoms with van der Waals surface area (Å²) in [5, 5.41) is 3.48. The second-order valence-electron chi connectivity index (χ2n) is 7.91. The number of likely N-dealkylation sites (tertiary alicyclic amines) is 1. The summed E-state index contributed by atoms with van der Waals surface area (Å²) in [6.45, 7) is 8.64. The number of likely N-dealkylation sites (N-methyl/N-ethyl adjacent to an activating group) is 1. The Morgan fingerprint density at radius 2 is 1.85 bits per heavy atom. The monoisotopic (exact) mass is 382 g/mol. The van der Waals surface area contributed by atoms with Gasteiger partial charge >= 0.3 is 0 Å². The molecule has 1 N–H and O–H groups in total. The third kappa shape index (κ3) is 8.36. The van der Waals surface area contributed by atoms with E-state index in [9.17, 15) is 0 Å². The number of hydrogen-bond donors (Lipinski definition) is 1. The van der Waals surface area contributed by atoms with Crippen LogP contribution in [0.5, 0.6) is 0 Å². The van der Waals surface area contributed by atoms with Gasteiger partial charge in [-0.3, -0.25) is 4.99 Å². The van der Waals surface area contributed by atoms with Crippen molar-refractivity contribution in [3.63, 3.8) is 0 Å². The summed E-state index contributed by atoms with van der Waals surface area (Å²) in [4.78, 5) is 9.84. The van der Waals surface area contributed by atoms with Gasteiger partial charge in [0.15, 0.2) is 5.96 Å². The molecule has 0 aromatic heterocycles. The number of ether oxygens (including phenoxy) is 2. The third-order valence-corrected chi connectivity index (χ3v) is 5.84. The lowest BCUT2D eigenvalue weighted by Gasteiger charge is -2.34. The quantitative estimate of drug-likeness (QED) is 0.358. The minimum Gasteiger partial charge on any atom is -0.385 e. The molecule has 6 nitrogen and oxygen atoms in total. The van der Waals surface area contributed by atoms with Crippen LogP contribution in [0.2, 0.25) is 0 Å². The molecule has 6 heteroatoms. The van der Waals surface area contributed by atoms with Crippen LogP contribution < -0.4 is 5.32 Å². The molecule has 1 saturated heterocycles. The lowest BCUT2D eigenvalue weighted by molar-refractivity contribution is 0.00990. The molecule has 2 fully saturated rings. The first-order valence-corrected chi connectivity index (χ1v) is 11.1. The highest BCUT2D eigenvalue weighted by molar-refractivity contribution is 5.80. The first-order chi connectivity index (χ1) is 13.2. The van der Waals surface area contributed by atoms with Gasteiger partial charge in [0.2, 0.25) is 0 Å². The second-order valence-corrected chi connectivity index (χ2v) is 7.91. The average Bonchev–Trinajstić information content (AvgIpc) is 2.71. The number of rotatable bonds is 10. The molecule has 1 aliphatic heterocycles. The van der Waals surface area contributed by atoms with Gasteiger partial charge in [-0.25, -0.2) is 0 Å². The topological polar surface area (TPSA) is 49.3 Å². The van der Waals surface area contributed by atoms with Crippen LogP contribution in [0.25, 0.3) is 0 Å². The van der Waals surface area contributed by atoms with Crippen molar-refractivity contribution in [2.75, 3.05) is 60.1 Å². The molecule has 0 amide bonds. The maximum absolute atomic E-state index is 5.98. The molecule has 0 radical (unpaired) electrons. The standard InChI is InChI=1S/C21H42N4O2/c1-4-22-21(23-13-16-24(2)19-9-6-5-7-10-19)25-14-11-20(12-15-25)27-18-8-17-26-3/h19-20H,4-18H2,1-3H3,(H,22,23). The van der Waals surface area contributed by atoms with Gasteiger partial charge in [0.1, 0.15) is 0 Å². The van der Waals surface area contributed by atoms with E-state index >= 15 is 0 Å². The molecule has 0 unspecified atom stereocenters. The molecule has 2 aliphatic rings. The van der Waals surface area contributed by atoms with Crippen LogP contribution in [0, 0.1) is 0 Å². The van der Waals surface area contributed by atoms with Gasteiger partial charge in [-0.2, -0.15) is 0 Å². The van der Waals surface area contributed by atoms with Gasteiger partial charge in [-0.15, -0.1) is 0 Å². The van der Waals surface area contributed by atoms with Gasteiger partial charge in [-0.05, 0) is 46.1 Å². The van der Waals surface area contributed by atoms with E-state index in [-0.39, 0.29) is 0 Å². The molecule has 2 rings (SSSR count). The van der Waals surface area contributed by atoms with Crippen LogP contribution in [-0.2, 0) is 9.47 Å². The first kappa shape index (κ1) is 22.4. The highest BCUT2D eigenvalue weighted by Crippen LogP contribution is 2.21. The summed E-state index contributed by atoms with van der Waals surface area (Å²) in [5.41, 5.74) is 0. The van der Waals surface area contributed by atoms with Crippen molar-refractivity contribution in [2.45, 2.75) is 70.4 Å². The Morgan fingerprint density at radius 1 is 1.11 bits per heavy atom. The Bertz CT molecular complexity index is 405. The lowest BCUT2D eigenvalue weighted by Crippen LogP contribution is -2.47. The number of nitrogens with one attached hydrogen (secondary N) is 1. The summed E-state index contributed by atoms with van der Waals surface area (Å²) in [6, 6.07) is 0.766. The van der Waals surface area contributed by atoms with Crippen molar-refractivity contribution < 1.29 is 9.47 Å². The number of nitrogens with zero attached hydrogens (tertiary/aromatic N) is 3. The normalized spacial score (nSPS) is 20.4. The molecule has 27 heavy (non-hydrogen) atoms. The van der Waals surface area contributed by atoms with E-state index in [0.717, 1.165) is 77.2 Å². The number of aliphatic imine (C=N–C) groups is 1. The van der Waals surface area contributed by atoms with Crippen LogP contribution in [0.3, 0.4) is 0 Å². The molecule has 0 atom stereocenters. The van der Waals surface area contributed by atoms with Crippen molar-refractivity contribution in [3.8, 4) is 0 Å². The highest BCUT2D eigenvalue weighted by atomic mass is 16.5. The fraction of sp³-hybridized carbons (Fsp3) is 0.952. The van der Waals surface area contributed by atoms with Crippen LogP contribution >= 0.6 is 0 Å². The number of hydrogen-bond acceptors (Lipinski definition) is 4. The molecule has 0 bridgehead atoms. The van der Waals surface area contributed by atoms with Crippen molar-refractivity contribution in [3.05, 3.63) is 0 Å². The van der Waals surface area contributed by atoms with Gasteiger partial charge in [-0.1, -0.05) is 19.3 Å². The van der Waals surface area contributed by atoms with E-state index in [1.807, 2.05) is 0 Å². The van der Waals surface area contributed by atoms with E-state index in [0.29, 0.717) is 6.10 Å². The minimum absolute atomic E-state index is 0.387. The Hall–Kier alpha value is -0.850. The molecular weight excluding hydrogens is 340 g/mol. The summed E-state index contributed by atoms with van der Waals surface area (Å²) >= 11 is 0. The fourth-order valence-corrected chi connectivity index (χ4v) is 4.13. The summed E-state index contributed by atoms with van der Waals surface area (Å²) in [6.07, 6.45) is 10.5. The minimum atomic E-state index is 0.387. The maximum Gasteiger partial charge on any atom is 0.193 e. The molecule has 0 spiro atoms. The fourth-order valence-electron chi connectivity index (χ4n) is 4.13. The van der Waals surface area contributed by atoms with E-state index in [4.69, 9.17) is 14.5 Å². The van der Waals surface area contributed by atoms with E-state index < -0.39 is 0 Å². The van der Waals surface area contributed by atoms with Crippen LogP contribution in [0.1, 0.15) is 58.3 Å². The molecule has 158 valence electrons. The van der Waals surface area contributed by atoms with Crippen molar-refractivity contribution >= 4 is 5.96 Å². The number of guanidine groups is 1. The maximum atomic E-state index is 5.98. The zero-order chi connectivity index (χ0) is 19.3. The third-order valence-electron chi connectivity index (χ3n) is 5.84. The SMILES string of the molecule is CCNC(=NCCN(C)C1CCCCC1)N1CCC(OCCCOC)CC1. The van der Waals surface area contributed by atoms with Crippen LogP contribution in [-0.4, -0.2) is 88.0 Å². The predicted octanol–water partition coefficient (Wildman–Crippen LogP) is 2.73. The van der Waals surface area contributed by atoms with Gasteiger partial charge in [0.05, 0.1) is 12.6 Å². The number of piperidine rings is 1. The molecule has 1 aliphatic carbocycles. The van der Waals surface area contributed by atoms with Gasteiger partial charge in [0.25, 0.3) is 0 Å². The largest absolute Gasteiger partial charge is 0.385 e. The van der Waals surface area contributed by atoms with E-state index in [1.165, 1.54) is 32.1 Å². The molecule has 0 aromatic carbocycles. The van der Waals surface area contributed by atoms with Gasteiger partial charge in [0, 0.05) is 52.5 Å². The van der Waals surface area contributed by atoms with E-state index in [1.54, 1.807) is 7.11 Å². The van der Waals surface area contributed by atoms with Crippen LogP contribution in [0.4, 0.5) is 0 Å². The predicted molar refractivity (Wildman–Crippen MR) is 113 cm³/mol. The summed E-state index contributed by atoms with van der Waals surface area (Å²) < 4.78 is 11.1. The lowest BCUT2D eigenvalue weighted by atomic mass is 9.94. The number of methoxy groups -OCH3 is 1. The zero-order valence-corrected chi connectivity index (χ0v) is 17.9. The Balaban J connectivity index is 1.71. The Kier molecular flexibility index (Phi) is 11.1.